The van der Waals surface area contributed by atoms with Gasteiger partial charge in [0, 0.05) is 25.4 Å². The highest BCUT2D eigenvalue weighted by Crippen LogP contribution is 2.32. The minimum absolute atomic E-state index is 0.0794. The zero-order valence-corrected chi connectivity index (χ0v) is 16.8. The predicted octanol–water partition coefficient (Wildman–Crippen LogP) is 1.95. The molecule has 1 aliphatic rings. The number of aromatic carboxylic acids is 1. The van der Waals surface area contributed by atoms with E-state index in [1.807, 2.05) is 6.20 Å². The van der Waals surface area contributed by atoms with Crippen molar-refractivity contribution in [2.75, 3.05) is 22.6 Å². The fourth-order valence-corrected chi connectivity index (χ4v) is 3.18. The van der Waals surface area contributed by atoms with Crippen molar-refractivity contribution in [1.29, 1.82) is 0 Å². The average Bonchev–Trinajstić information content (AvgIpc) is 3.19. The van der Waals surface area contributed by atoms with Crippen LogP contribution in [0.1, 0.15) is 28.5 Å². The summed E-state index contributed by atoms with van der Waals surface area (Å²) in [6.45, 7) is 2.50. The average molecular weight is 425 g/mol. The highest BCUT2D eigenvalue weighted by Gasteiger charge is 2.33. The number of anilines is 3. The van der Waals surface area contributed by atoms with E-state index in [1.165, 1.54) is 12.1 Å². The van der Waals surface area contributed by atoms with Gasteiger partial charge in [-0.05, 0) is 24.6 Å². The Bertz CT molecular complexity index is 1150. The number of carbonyl (C=O) groups is 2. The smallest absolute Gasteiger partial charge is 0.356 e. The molecule has 4 rings (SSSR count). The van der Waals surface area contributed by atoms with E-state index in [-0.39, 0.29) is 29.1 Å². The number of carboxylic acids is 1. The summed E-state index contributed by atoms with van der Waals surface area (Å²) >= 11 is 0. The molecular formula is C20H20FN7O3. The molecule has 1 atom stereocenters. The lowest BCUT2D eigenvalue weighted by molar-refractivity contribution is -0.117. The van der Waals surface area contributed by atoms with Crippen LogP contribution in [0.5, 0.6) is 0 Å². The molecule has 0 bridgehead atoms. The van der Waals surface area contributed by atoms with E-state index in [4.69, 9.17) is 0 Å². The van der Waals surface area contributed by atoms with Gasteiger partial charge in [0.25, 0.3) is 0 Å². The maximum atomic E-state index is 13.0. The van der Waals surface area contributed by atoms with Gasteiger partial charge in [-0.1, -0.05) is 12.1 Å². The van der Waals surface area contributed by atoms with E-state index >= 15 is 0 Å². The molecule has 1 aromatic carbocycles. The van der Waals surface area contributed by atoms with Gasteiger partial charge in [0.2, 0.25) is 11.9 Å². The Labute approximate surface area is 176 Å². The lowest BCUT2D eigenvalue weighted by Gasteiger charge is -2.32. The summed E-state index contributed by atoms with van der Waals surface area (Å²) in [7, 11) is 1.67. The normalized spacial score (nSPS) is 15.4. The molecule has 2 aromatic heterocycles. The minimum Gasteiger partial charge on any atom is -0.476 e. The molecule has 3 N–H and O–H groups in total. The molecule has 11 heteroatoms. The van der Waals surface area contributed by atoms with E-state index in [0.717, 1.165) is 11.1 Å². The summed E-state index contributed by atoms with van der Waals surface area (Å²) in [5.74, 6) is -1.43. The maximum Gasteiger partial charge on any atom is 0.356 e. The number of carboxylic acid groups (broad SMARTS) is 1. The Morgan fingerprint density at radius 3 is 2.71 bits per heavy atom. The number of hydrogen-bond acceptors (Lipinski definition) is 7. The number of rotatable bonds is 6. The Kier molecular flexibility index (Phi) is 5.24. The number of nitrogens with zero attached hydrogens (tertiary/aromatic N) is 5. The maximum absolute atomic E-state index is 13.0. The van der Waals surface area contributed by atoms with Gasteiger partial charge in [0.05, 0.1) is 12.7 Å². The van der Waals surface area contributed by atoms with Crippen LogP contribution in [0.3, 0.4) is 0 Å². The van der Waals surface area contributed by atoms with Crippen molar-refractivity contribution in [1.82, 2.24) is 19.7 Å². The number of halogens is 1. The van der Waals surface area contributed by atoms with Gasteiger partial charge in [0.1, 0.15) is 17.5 Å². The predicted molar refractivity (Wildman–Crippen MR) is 111 cm³/mol. The zero-order chi connectivity index (χ0) is 22.1. The van der Waals surface area contributed by atoms with Crippen molar-refractivity contribution in [2.24, 2.45) is 0 Å². The van der Waals surface area contributed by atoms with Gasteiger partial charge in [-0.3, -0.25) is 9.48 Å². The summed E-state index contributed by atoms with van der Waals surface area (Å²) in [4.78, 5) is 33.8. The number of hydrogen-bond donors (Lipinski definition) is 3. The Hall–Kier alpha value is -4.02. The second-order valence-electron chi connectivity index (χ2n) is 7.20. The van der Waals surface area contributed by atoms with Gasteiger partial charge >= 0.3 is 5.97 Å². The Balaban J connectivity index is 1.51. The summed E-state index contributed by atoms with van der Waals surface area (Å²) < 4.78 is 14.8. The lowest BCUT2D eigenvalue weighted by Crippen LogP contribution is -2.45. The summed E-state index contributed by atoms with van der Waals surface area (Å²) in [5.41, 5.74) is 1.53. The number of fused-ring (bicyclic) bond motifs is 1. The van der Waals surface area contributed by atoms with E-state index in [0.29, 0.717) is 18.9 Å². The van der Waals surface area contributed by atoms with Gasteiger partial charge in [0.15, 0.2) is 11.5 Å². The van der Waals surface area contributed by atoms with Crippen molar-refractivity contribution in [3.05, 3.63) is 59.3 Å². The van der Waals surface area contributed by atoms with Crippen molar-refractivity contribution in [2.45, 2.75) is 26.1 Å². The first-order chi connectivity index (χ1) is 14.8. The van der Waals surface area contributed by atoms with Crippen LogP contribution < -0.4 is 15.5 Å². The Morgan fingerprint density at radius 1 is 1.26 bits per heavy atom. The first kappa shape index (κ1) is 20.3. The largest absolute Gasteiger partial charge is 0.476 e. The summed E-state index contributed by atoms with van der Waals surface area (Å²) in [5, 5.41) is 19.4. The van der Waals surface area contributed by atoms with Crippen LogP contribution in [0, 0.1) is 5.82 Å². The number of carbonyl (C=O) groups excluding carboxylic acids is 1. The number of aromatic nitrogens is 4. The number of amides is 1. The van der Waals surface area contributed by atoms with Crippen LogP contribution in [-0.4, -0.2) is 49.8 Å². The molecule has 1 aliphatic heterocycles. The molecule has 0 saturated heterocycles. The minimum atomic E-state index is -1.27. The van der Waals surface area contributed by atoms with Crippen LogP contribution in [0.4, 0.5) is 21.8 Å². The van der Waals surface area contributed by atoms with Crippen molar-refractivity contribution in [3.63, 3.8) is 0 Å². The molecule has 3 aromatic rings. The van der Waals surface area contributed by atoms with Crippen LogP contribution in [0.2, 0.25) is 0 Å². The van der Waals surface area contributed by atoms with Crippen LogP contribution >= 0.6 is 0 Å². The summed E-state index contributed by atoms with van der Waals surface area (Å²) in [6, 6.07) is 5.69. The topological polar surface area (TPSA) is 125 Å². The molecule has 0 aliphatic carbocycles. The molecule has 3 heterocycles. The third-order valence-corrected chi connectivity index (χ3v) is 5.03. The molecule has 0 fully saturated rings. The molecule has 160 valence electrons. The van der Waals surface area contributed by atoms with Gasteiger partial charge in [-0.15, -0.1) is 0 Å². The van der Waals surface area contributed by atoms with E-state index < -0.39 is 12.0 Å². The van der Waals surface area contributed by atoms with E-state index in [2.05, 4.69) is 25.7 Å². The first-order valence-electron chi connectivity index (χ1n) is 9.50. The van der Waals surface area contributed by atoms with E-state index in [9.17, 15) is 19.1 Å². The summed E-state index contributed by atoms with van der Waals surface area (Å²) in [6.07, 6.45) is 3.49. The van der Waals surface area contributed by atoms with Crippen molar-refractivity contribution < 1.29 is 19.1 Å². The SMILES string of the molecule is C[C@H]1C(=O)Nc2c(C(=O)O)nc(NCc3cnn(Cc4ccc(F)cc4)c3)nc2N1C. The molecule has 1 amide bonds. The van der Waals surface area contributed by atoms with Crippen molar-refractivity contribution >= 4 is 29.3 Å². The van der Waals surface area contributed by atoms with Crippen LogP contribution in [0.25, 0.3) is 0 Å². The highest BCUT2D eigenvalue weighted by molar-refractivity contribution is 6.08. The molecule has 0 spiro atoms. The fraction of sp³-hybridized carbons (Fsp3) is 0.250. The molecular weight excluding hydrogens is 405 g/mol. The third-order valence-electron chi connectivity index (χ3n) is 5.03. The zero-order valence-electron chi connectivity index (χ0n) is 16.8. The molecule has 0 saturated carbocycles. The molecule has 0 radical (unpaired) electrons. The third kappa shape index (κ3) is 4.15. The quantitative estimate of drug-likeness (QED) is 0.547. The Morgan fingerprint density at radius 2 is 2.00 bits per heavy atom. The second-order valence-corrected chi connectivity index (χ2v) is 7.20. The van der Waals surface area contributed by atoms with Gasteiger partial charge in [-0.2, -0.15) is 10.1 Å². The molecule has 0 unspecified atom stereocenters. The van der Waals surface area contributed by atoms with Gasteiger partial charge < -0.3 is 20.6 Å². The molecule has 31 heavy (non-hydrogen) atoms. The standard InChI is InChI=1S/C20H20FN7O3/c1-11-18(29)24-15-16(19(30)31)25-20(26-17(15)27(11)2)22-7-13-8-23-28(10-13)9-12-3-5-14(21)6-4-12/h3-6,8,10-11H,7,9H2,1-2H3,(H,24,29)(H,30,31)(H,22,25,26)/t11-/m0/s1. The number of benzene rings is 1. The lowest BCUT2D eigenvalue weighted by atomic mass is 10.1. The monoisotopic (exact) mass is 425 g/mol. The van der Waals surface area contributed by atoms with Crippen LogP contribution in [-0.2, 0) is 17.9 Å². The number of likely N-dealkylation sites (N-methyl/N-ethyl adjacent to an activating group) is 1. The number of nitrogens with one attached hydrogen (secondary N) is 2. The highest BCUT2D eigenvalue weighted by atomic mass is 19.1. The second kappa shape index (κ2) is 8.01. The van der Waals surface area contributed by atoms with Crippen LogP contribution in [0.15, 0.2) is 36.7 Å². The first-order valence-corrected chi connectivity index (χ1v) is 9.50. The molecule has 10 nitrogen and oxygen atoms in total. The van der Waals surface area contributed by atoms with E-state index in [1.54, 1.807) is 41.9 Å². The van der Waals surface area contributed by atoms with Gasteiger partial charge in [-0.25, -0.2) is 14.2 Å². The van der Waals surface area contributed by atoms with Crippen molar-refractivity contribution in [3.8, 4) is 0 Å². The fourth-order valence-electron chi connectivity index (χ4n) is 3.18.